The van der Waals surface area contributed by atoms with Crippen molar-refractivity contribution in [1.29, 1.82) is 0 Å². The second kappa shape index (κ2) is 3110. The number of hydrogen-bond acceptors (Lipinski definition) is 3. The minimum absolute atomic E-state index is 2.00. The summed E-state index contributed by atoms with van der Waals surface area (Å²) in [5.41, 5.74) is 0. The molecule has 2 N–H and O–H groups in total. The normalized spacial score (nSPS) is 2.67. The van der Waals surface area contributed by atoms with Crippen molar-refractivity contribution in [3.63, 3.8) is 0 Å². The molecule has 0 amide bonds. The molecule has 0 unspecified atom stereocenters. The van der Waals surface area contributed by atoms with Gasteiger partial charge in [-0.1, -0.05) is 0 Å². The summed E-state index contributed by atoms with van der Waals surface area (Å²) < 4.78 is 12.9. The smallest absolute Gasteiger partial charge is 0.106 e. The summed E-state index contributed by atoms with van der Waals surface area (Å²) in [5.74, 6) is 0. The summed E-state index contributed by atoms with van der Waals surface area (Å²) in [5, 5.41) is 0. The van der Waals surface area contributed by atoms with E-state index in [0.717, 1.165) is 0 Å². The van der Waals surface area contributed by atoms with E-state index in [1.807, 2.05) is 6.79 Å². The maximum Gasteiger partial charge on any atom is 0.106 e. The van der Waals surface area contributed by atoms with Crippen LogP contribution in [-0.2, 0) is 4.79 Å². The lowest BCUT2D eigenvalue weighted by atomic mass is 11.9. The number of carbonyl (C=O) groups excluding carboxylic acids is 1. The zero-order chi connectivity index (χ0) is 6.00. The van der Waals surface area contributed by atoms with Gasteiger partial charge in [-0.25, -0.2) is 0 Å². The fraction of sp³-hybridized carbons (Fsp3) is 0. The van der Waals surface area contributed by atoms with E-state index in [2.05, 4.69) is 23.7 Å². The molecule has 0 aromatic carbocycles. The summed E-state index contributed by atoms with van der Waals surface area (Å²) >= 11 is 7.28. The van der Waals surface area contributed by atoms with Crippen LogP contribution in [0.2, 0.25) is 0 Å². The Bertz CT molecular complexity index is 8.75. The molecule has 0 saturated heterocycles. The van der Waals surface area contributed by atoms with Crippen LogP contribution >= 0.6 is 23.7 Å². The van der Waals surface area contributed by atoms with Gasteiger partial charge >= 0.3 is 0 Å². The second-order valence-electron chi connectivity index (χ2n) is 0. The summed E-state index contributed by atoms with van der Waals surface area (Å²) in [6.07, 6.45) is 0. The molecular weight excluding hydrogens is 131 g/mol. The van der Waals surface area contributed by atoms with Gasteiger partial charge in [0.2, 0.25) is 0 Å². The molecule has 0 radical (unpaired) electrons. The molecule has 0 atom stereocenters. The molecule has 0 fully saturated rings. The fourth-order valence-corrected chi connectivity index (χ4v) is 0. The number of hydrogen-bond donors (Lipinski definition) is 2. The molecular formula is CH4Cl2O3. The van der Waals surface area contributed by atoms with Gasteiger partial charge in [0.05, 0.1) is 23.7 Å². The van der Waals surface area contributed by atoms with Crippen molar-refractivity contribution in [1.82, 2.24) is 0 Å². The number of carbonyl (C=O) groups is 1. The highest BCUT2D eigenvalue weighted by Gasteiger charge is 0.899. The molecule has 0 aliphatic rings. The minimum Gasteiger partial charge on any atom is -0.307 e. The Kier molecular flexibility index (Phi) is 8510. The van der Waals surface area contributed by atoms with Crippen molar-refractivity contribution in [3.05, 3.63) is 0 Å². The third kappa shape index (κ3) is 1450. The zero-order valence-electron chi connectivity index (χ0n) is 2.77. The highest BCUT2D eigenvalue weighted by atomic mass is 35.5. The SMILES string of the molecule is C=O.OCl.OCl. The Labute approximate surface area is 45.5 Å². The minimum atomic E-state index is 2.00. The molecule has 0 aromatic rings. The van der Waals surface area contributed by atoms with Crippen LogP contribution in [0.15, 0.2) is 0 Å². The molecule has 6 heavy (non-hydrogen) atoms. The summed E-state index contributed by atoms with van der Waals surface area (Å²) in [6.45, 7) is 2.00. The molecule has 0 saturated carbocycles. The monoisotopic (exact) mass is 134 g/mol. The molecule has 0 aliphatic heterocycles. The topological polar surface area (TPSA) is 57.5 Å². The van der Waals surface area contributed by atoms with Gasteiger partial charge in [-0.15, -0.1) is 0 Å². The number of halogens is 2. The highest BCUT2D eigenvalue weighted by molar-refractivity contribution is 6.05. The van der Waals surface area contributed by atoms with Crippen LogP contribution in [0.4, 0.5) is 0 Å². The van der Waals surface area contributed by atoms with Crippen molar-refractivity contribution in [2.45, 2.75) is 0 Å². The van der Waals surface area contributed by atoms with Gasteiger partial charge in [-0.3, -0.25) is 9.32 Å². The molecule has 0 spiro atoms. The van der Waals surface area contributed by atoms with E-state index < -0.39 is 0 Å². The third-order valence-electron chi connectivity index (χ3n) is 0. The fourth-order valence-electron chi connectivity index (χ4n) is 0. The highest BCUT2D eigenvalue weighted by Crippen LogP contribution is 1.32. The Morgan fingerprint density at radius 1 is 1.00 bits per heavy atom. The van der Waals surface area contributed by atoms with Crippen LogP contribution in [-0.4, -0.2) is 16.1 Å². The Morgan fingerprint density at radius 3 is 1.00 bits per heavy atom. The second-order valence-corrected chi connectivity index (χ2v) is 0. The van der Waals surface area contributed by atoms with E-state index in [4.69, 9.17) is 14.1 Å². The zero-order valence-corrected chi connectivity index (χ0v) is 4.28. The quantitative estimate of drug-likeness (QED) is 0.494. The van der Waals surface area contributed by atoms with Gasteiger partial charge < -0.3 is 4.79 Å². The van der Waals surface area contributed by atoms with Gasteiger partial charge in [-0.2, -0.15) is 0 Å². The van der Waals surface area contributed by atoms with Crippen LogP contribution in [0.5, 0.6) is 0 Å². The summed E-state index contributed by atoms with van der Waals surface area (Å²) in [4.78, 5) is 8.00. The van der Waals surface area contributed by atoms with E-state index in [1.165, 1.54) is 0 Å². The molecule has 0 aliphatic carbocycles. The van der Waals surface area contributed by atoms with Gasteiger partial charge in [0.1, 0.15) is 6.79 Å². The van der Waals surface area contributed by atoms with Gasteiger partial charge in [0.25, 0.3) is 0 Å². The van der Waals surface area contributed by atoms with Crippen molar-refractivity contribution in [2.24, 2.45) is 0 Å². The lowest BCUT2D eigenvalue weighted by Gasteiger charge is -1.13. The van der Waals surface area contributed by atoms with E-state index in [0.29, 0.717) is 0 Å². The first kappa shape index (κ1) is 16.4. The first-order chi connectivity index (χ1) is 3.00. The largest absolute Gasteiger partial charge is 0.307 e. The van der Waals surface area contributed by atoms with E-state index in [-0.39, 0.29) is 0 Å². The average molecular weight is 135 g/mol. The van der Waals surface area contributed by atoms with Crippen LogP contribution < -0.4 is 0 Å². The third-order valence-corrected chi connectivity index (χ3v) is 0. The first-order valence-corrected chi connectivity index (χ1v) is 1.30. The number of rotatable bonds is 0. The standard InChI is InChI=1S/CH2O.2ClHO/c3*1-2/h1H2;2*2H. The van der Waals surface area contributed by atoms with Crippen molar-refractivity contribution in [2.75, 3.05) is 0 Å². The van der Waals surface area contributed by atoms with Crippen molar-refractivity contribution >= 4 is 30.5 Å². The molecule has 0 bridgehead atoms. The van der Waals surface area contributed by atoms with Crippen LogP contribution in [0.3, 0.4) is 0 Å². The molecule has 40 valence electrons. The Morgan fingerprint density at radius 2 is 1.00 bits per heavy atom. The molecule has 0 aromatic heterocycles. The lowest BCUT2D eigenvalue weighted by Crippen LogP contribution is -0.925. The van der Waals surface area contributed by atoms with E-state index >= 15 is 0 Å². The van der Waals surface area contributed by atoms with Gasteiger partial charge in [0.15, 0.2) is 0 Å². The Balaban J connectivity index is -0.0000000225. The Hall–Kier alpha value is 0.170. The molecule has 3 nitrogen and oxygen atoms in total. The maximum atomic E-state index is 8.00. The van der Waals surface area contributed by atoms with Crippen molar-refractivity contribution < 1.29 is 14.1 Å². The predicted molar refractivity (Wildman–Crippen MR) is 23.3 cm³/mol. The van der Waals surface area contributed by atoms with Gasteiger partial charge in [0, 0.05) is 0 Å². The molecule has 0 heterocycles. The maximum absolute atomic E-state index is 8.00. The molecule has 0 rings (SSSR count). The van der Waals surface area contributed by atoms with Crippen LogP contribution in [0, 0.1) is 0 Å². The summed E-state index contributed by atoms with van der Waals surface area (Å²) in [7, 11) is 0. The van der Waals surface area contributed by atoms with Gasteiger partial charge in [-0.05, 0) is 0 Å². The lowest BCUT2D eigenvalue weighted by molar-refractivity contribution is -0.0979. The van der Waals surface area contributed by atoms with Crippen LogP contribution in [0.1, 0.15) is 0 Å². The van der Waals surface area contributed by atoms with E-state index in [9.17, 15) is 0 Å². The van der Waals surface area contributed by atoms with E-state index in [1.54, 1.807) is 0 Å². The van der Waals surface area contributed by atoms with Crippen LogP contribution in [0.25, 0.3) is 0 Å². The summed E-state index contributed by atoms with van der Waals surface area (Å²) in [6, 6.07) is 0. The average Bonchev–Trinajstić information content (AvgIpc) is 1.81. The van der Waals surface area contributed by atoms with Crippen molar-refractivity contribution in [3.8, 4) is 0 Å². The molecule has 5 heteroatoms. The first-order valence-electron chi connectivity index (χ1n) is 0.627. The predicted octanol–water partition coefficient (Wildman–Crippen LogP) is 0.0801.